The molecule has 2 N–H and O–H groups in total. The van der Waals surface area contributed by atoms with Gasteiger partial charge in [0.05, 0.1) is 11.7 Å². The van der Waals surface area contributed by atoms with Gasteiger partial charge in [0.2, 0.25) is 5.91 Å². The van der Waals surface area contributed by atoms with Gasteiger partial charge >= 0.3 is 0 Å². The zero-order valence-electron chi connectivity index (χ0n) is 14.6. The van der Waals surface area contributed by atoms with E-state index in [-0.39, 0.29) is 12.5 Å². The summed E-state index contributed by atoms with van der Waals surface area (Å²) in [5.41, 5.74) is 2.37. The molecule has 0 aromatic heterocycles. The fourth-order valence-corrected chi connectivity index (χ4v) is 3.15. The van der Waals surface area contributed by atoms with Crippen LogP contribution >= 0.6 is 0 Å². The fourth-order valence-electron chi connectivity index (χ4n) is 3.15. The summed E-state index contributed by atoms with van der Waals surface area (Å²) < 4.78 is 0. The highest BCUT2D eigenvalue weighted by molar-refractivity contribution is 5.76. The van der Waals surface area contributed by atoms with Crippen molar-refractivity contribution >= 4 is 5.91 Å². The normalized spacial score (nSPS) is 23.5. The van der Waals surface area contributed by atoms with Crippen molar-refractivity contribution in [1.29, 1.82) is 0 Å². The van der Waals surface area contributed by atoms with Gasteiger partial charge in [-0.1, -0.05) is 54.6 Å². The predicted molar refractivity (Wildman–Crippen MR) is 98.0 cm³/mol. The van der Waals surface area contributed by atoms with Gasteiger partial charge in [0.25, 0.3) is 0 Å². The van der Waals surface area contributed by atoms with E-state index in [1.165, 1.54) is 5.56 Å². The molecule has 0 bridgehead atoms. The molecule has 4 heteroatoms. The lowest BCUT2D eigenvalue weighted by molar-refractivity contribution is -0.146. The lowest BCUT2D eigenvalue weighted by Crippen LogP contribution is -2.55. The number of benzene rings is 2. The highest BCUT2D eigenvalue weighted by Crippen LogP contribution is 2.23. The second-order valence-electron chi connectivity index (χ2n) is 7.03. The van der Waals surface area contributed by atoms with Crippen molar-refractivity contribution in [2.45, 2.75) is 37.9 Å². The Labute approximate surface area is 148 Å². The largest absolute Gasteiger partial charge is 0.388 e. The zero-order valence-corrected chi connectivity index (χ0v) is 14.6. The van der Waals surface area contributed by atoms with E-state index in [9.17, 15) is 15.0 Å². The van der Waals surface area contributed by atoms with E-state index in [2.05, 4.69) is 36.4 Å². The van der Waals surface area contributed by atoms with Gasteiger partial charge in [-0.05, 0) is 36.5 Å². The molecule has 1 aliphatic rings. The van der Waals surface area contributed by atoms with Gasteiger partial charge in [-0.15, -0.1) is 0 Å². The Morgan fingerprint density at radius 3 is 2.40 bits per heavy atom. The molecule has 0 aliphatic carbocycles. The van der Waals surface area contributed by atoms with Crippen LogP contribution in [0, 0.1) is 0 Å². The van der Waals surface area contributed by atoms with Crippen LogP contribution in [0.2, 0.25) is 0 Å². The molecular weight excluding hydrogens is 314 g/mol. The minimum atomic E-state index is -1.09. The highest BCUT2D eigenvalue weighted by atomic mass is 16.3. The molecule has 2 atom stereocenters. The van der Waals surface area contributed by atoms with E-state index in [1.54, 1.807) is 11.8 Å². The van der Waals surface area contributed by atoms with Crippen LogP contribution in [0.5, 0.6) is 0 Å². The molecule has 132 valence electrons. The topological polar surface area (TPSA) is 60.8 Å². The molecule has 0 saturated carbocycles. The van der Waals surface area contributed by atoms with Gasteiger partial charge in [-0.3, -0.25) is 4.79 Å². The van der Waals surface area contributed by atoms with Crippen LogP contribution in [0.1, 0.15) is 25.3 Å². The van der Waals surface area contributed by atoms with E-state index in [0.717, 1.165) is 11.1 Å². The average molecular weight is 339 g/mol. The van der Waals surface area contributed by atoms with Crippen LogP contribution in [0.25, 0.3) is 11.1 Å². The van der Waals surface area contributed by atoms with Gasteiger partial charge < -0.3 is 15.1 Å². The minimum Gasteiger partial charge on any atom is -0.388 e. The van der Waals surface area contributed by atoms with Crippen LogP contribution < -0.4 is 0 Å². The summed E-state index contributed by atoms with van der Waals surface area (Å²) in [4.78, 5) is 14.0. The summed E-state index contributed by atoms with van der Waals surface area (Å²) >= 11 is 0. The number of aliphatic hydroxyl groups excluding tert-OH is 1. The molecule has 0 radical (unpaired) electrons. The number of likely N-dealkylation sites (tertiary alicyclic amines) is 1. The Hall–Kier alpha value is -2.17. The molecule has 1 fully saturated rings. The molecule has 1 amide bonds. The van der Waals surface area contributed by atoms with Gasteiger partial charge in [0.15, 0.2) is 0 Å². The monoisotopic (exact) mass is 339 g/mol. The fraction of sp³-hybridized carbons (Fsp3) is 0.381. The lowest BCUT2D eigenvalue weighted by atomic mass is 9.90. The first-order chi connectivity index (χ1) is 12.0. The van der Waals surface area contributed by atoms with Crippen LogP contribution in [-0.2, 0) is 11.2 Å². The maximum atomic E-state index is 12.3. The van der Waals surface area contributed by atoms with E-state index in [4.69, 9.17) is 0 Å². The predicted octanol–water partition coefficient (Wildman–Crippen LogP) is 2.63. The third-order valence-electron chi connectivity index (χ3n) is 5.04. The molecule has 1 aliphatic heterocycles. The maximum absolute atomic E-state index is 12.3. The number of piperidine rings is 1. The van der Waals surface area contributed by atoms with Gasteiger partial charge in [-0.2, -0.15) is 0 Å². The number of aliphatic hydroxyl groups is 2. The number of rotatable bonds is 4. The van der Waals surface area contributed by atoms with Gasteiger partial charge in [0, 0.05) is 19.5 Å². The van der Waals surface area contributed by atoms with Crippen molar-refractivity contribution in [2.24, 2.45) is 0 Å². The van der Waals surface area contributed by atoms with Crippen LogP contribution in [0.3, 0.4) is 0 Å². The number of carbonyl (C=O) groups excluding carboxylic acids is 1. The number of β-amino-alcohol motifs (C(OH)–C–C–N with tert-alkyl or cyclic N) is 1. The summed E-state index contributed by atoms with van der Waals surface area (Å²) in [6.45, 7) is 2.32. The van der Waals surface area contributed by atoms with Crippen LogP contribution in [-0.4, -0.2) is 45.8 Å². The zero-order chi connectivity index (χ0) is 17.9. The Kier molecular flexibility index (Phi) is 5.21. The van der Waals surface area contributed by atoms with Crippen molar-refractivity contribution in [3.63, 3.8) is 0 Å². The Morgan fingerprint density at radius 2 is 1.76 bits per heavy atom. The van der Waals surface area contributed by atoms with Crippen molar-refractivity contribution in [3.8, 4) is 11.1 Å². The van der Waals surface area contributed by atoms with Crippen LogP contribution in [0.15, 0.2) is 54.6 Å². The number of carbonyl (C=O) groups is 1. The molecule has 2 aromatic rings. The SMILES string of the molecule is C[C@]1(O)CCN(C(=O)CCc2ccc(-c3ccccc3)cc2)C[C@@H]1O. The maximum Gasteiger partial charge on any atom is 0.222 e. The van der Waals surface area contributed by atoms with Crippen molar-refractivity contribution in [2.75, 3.05) is 13.1 Å². The van der Waals surface area contributed by atoms with Crippen molar-refractivity contribution in [3.05, 3.63) is 60.2 Å². The molecule has 1 saturated heterocycles. The molecule has 0 spiro atoms. The number of nitrogens with zero attached hydrogens (tertiary/aromatic N) is 1. The standard InChI is InChI=1S/C21H25NO3/c1-21(25)13-14-22(15-19(21)23)20(24)12-9-16-7-10-18(11-8-16)17-5-3-2-4-6-17/h2-8,10-11,19,23,25H,9,12-15H2,1H3/t19-,21-/m0/s1. The molecule has 4 nitrogen and oxygen atoms in total. The van der Waals surface area contributed by atoms with Gasteiger partial charge in [0.1, 0.15) is 0 Å². The number of hydrogen-bond acceptors (Lipinski definition) is 3. The first-order valence-electron chi connectivity index (χ1n) is 8.78. The second-order valence-corrected chi connectivity index (χ2v) is 7.03. The summed E-state index contributed by atoms with van der Waals surface area (Å²) in [5.74, 6) is 0.0293. The summed E-state index contributed by atoms with van der Waals surface area (Å²) in [5, 5.41) is 19.9. The minimum absolute atomic E-state index is 0.0293. The number of aryl methyl sites for hydroxylation is 1. The third kappa shape index (κ3) is 4.27. The van der Waals surface area contributed by atoms with E-state index < -0.39 is 11.7 Å². The average Bonchev–Trinajstić information content (AvgIpc) is 2.63. The molecule has 25 heavy (non-hydrogen) atoms. The summed E-state index contributed by atoms with van der Waals surface area (Å²) in [7, 11) is 0. The van der Waals surface area contributed by atoms with Crippen molar-refractivity contribution in [1.82, 2.24) is 4.90 Å². The molecule has 2 aromatic carbocycles. The van der Waals surface area contributed by atoms with E-state index >= 15 is 0 Å². The lowest BCUT2D eigenvalue weighted by Gasteiger charge is -2.40. The molecule has 0 unspecified atom stereocenters. The second kappa shape index (κ2) is 7.38. The van der Waals surface area contributed by atoms with Crippen molar-refractivity contribution < 1.29 is 15.0 Å². The summed E-state index contributed by atoms with van der Waals surface area (Å²) in [6.07, 6.45) is 0.623. The Balaban J connectivity index is 1.54. The third-order valence-corrected chi connectivity index (χ3v) is 5.04. The van der Waals surface area contributed by atoms with E-state index in [1.807, 2.05) is 18.2 Å². The molecule has 3 rings (SSSR count). The van der Waals surface area contributed by atoms with Gasteiger partial charge in [-0.25, -0.2) is 0 Å². The molecule has 1 heterocycles. The summed E-state index contributed by atoms with van der Waals surface area (Å²) in [6, 6.07) is 18.5. The number of hydrogen-bond donors (Lipinski definition) is 2. The first kappa shape index (κ1) is 17.6. The number of amides is 1. The highest BCUT2D eigenvalue weighted by Gasteiger charge is 2.37. The van der Waals surface area contributed by atoms with Crippen LogP contribution in [0.4, 0.5) is 0 Å². The first-order valence-corrected chi connectivity index (χ1v) is 8.78. The smallest absolute Gasteiger partial charge is 0.222 e. The Morgan fingerprint density at radius 1 is 1.12 bits per heavy atom. The quantitative estimate of drug-likeness (QED) is 0.900. The van der Waals surface area contributed by atoms with E-state index in [0.29, 0.717) is 25.8 Å². The molecular formula is C21H25NO3. The Bertz CT molecular complexity index is 710.